The first-order valence-electron chi connectivity index (χ1n) is 6.24. The topological polar surface area (TPSA) is 58.9 Å². The van der Waals surface area contributed by atoms with Gasteiger partial charge in [0.05, 0.1) is 5.02 Å². The number of hydrogen-bond donors (Lipinski definition) is 2. The molecule has 0 saturated carbocycles. The number of carbonyl (C=O) groups is 1. The molecule has 1 heterocycles. The summed E-state index contributed by atoms with van der Waals surface area (Å²) in [6, 6.07) is 10.9. The van der Waals surface area contributed by atoms with Crippen LogP contribution in [0.3, 0.4) is 0 Å². The summed E-state index contributed by atoms with van der Waals surface area (Å²) in [6.45, 7) is 1.89. The van der Waals surface area contributed by atoms with E-state index < -0.39 is 0 Å². The van der Waals surface area contributed by atoms with E-state index in [0.29, 0.717) is 21.8 Å². The fourth-order valence-electron chi connectivity index (χ4n) is 2.35. The van der Waals surface area contributed by atoms with Gasteiger partial charge in [-0.2, -0.15) is 0 Å². The Morgan fingerprint density at radius 1 is 1.20 bits per heavy atom. The molecule has 0 unspecified atom stereocenters. The first kappa shape index (κ1) is 12.8. The van der Waals surface area contributed by atoms with Crippen LogP contribution in [0.4, 0.5) is 5.69 Å². The van der Waals surface area contributed by atoms with Gasteiger partial charge in [-0.3, -0.25) is 4.79 Å². The van der Waals surface area contributed by atoms with Crippen molar-refractivity contribution in [2.24, 2.45) is 0 Å². The summed E-state index contributed by atoms with van der Waals surface area (Å²) in [6.07, 6.45) is 1.70. The predicted octanol–water partition coefficient (Wildman–Crippen LogP) is 3.94. The maximum Gasteiger partial charge on any atom is 0.195 e. The quantitative estimate of drug-likeness (QED) is 0.553. The van der Waals surface area contributed by atoms with Gasteiger partial charge >= 0.3 is 0 Å². The molecule has 3 aromatic rings. The van der Waals surface area contributed by atoms with Crippen molar-refractivity contribution >= 4 is 34.0 Å². The fraction of sp³-hybridized carbons (Fsp3) is 0.0625. The summed E-state index contributed by atoms with van der Waals surface area (Å²) in [7, 11) is 0. The van der Waals surface area contributed by atoms with Gasteiger partial charge in [-0.1, -0.05) is 23.7 Å². The van der Waals surface area contributed by atoms with Crippen LogP contribution in [0, 0.1) is 6.92 Å². The van der Waals surface area contributed by atoms with Crippen molar-refractivity contribution in [1.82, 2.24) is 4.98 Å². The number of fused-ring (bicyclic) bond motifs is 1. The minimum Gasteiger partial charge on any atom is -0.399 e. The molecule has 1 aromatic heterocycles. The van der Waals surface area contributed by atoms with Crippen LogP contribution in [0.1, 0.15) is 21.5 Å². The number of hydrogen-bond acceptors (Lipinski definition) is 2. The van der Waals surface area contributed by atoms with E-state index in [-0.39, 0.29) is 5.78 Å². The van der Waals surface area contributed by atoms with Crippen LogP contribution in [-0.2, 0) is 0 Å². The van der Waals surface area contributed by atoms with Crippen molar-refractivity contribution in [3.63, 3.8) is 0 Å². The van der Waals surface area contributed by atoms with Crippen LogP contribution in [-0.4, -0.2) is 10.8 Å². The van der Waals surface area contributed by atoms with Gasteiger partial charge in [0.1, 0.15) is 0 Å². The lowest BCUT2D eigenvalue weighted by atomic mass is 9.98. The molecule has 0 radical (unpaired) electrons. The number of nitrogens with one attached hydrogen (secondary N) is 1. The highest BCUT2D eigenvalue weighted by Gasteiger charge is 2.17. The molecule has 0 spiro atoms. The monoisotopic (exact) mass is 284 g/mol. The second-order valence-electron chi connectivity index (χ2n) is 4.77. The van der Waals surface area contributed by atoms with Crippen molar-refractivity contribution in [1.29, 1.82) is 0 Å². The van der Waals surface area contributed by atoms with Gasteiger partial charge in [-0.15, -0.1) is 0 Å². The maximum atomic E-state index is 12.7. The van der Waals surface area contributed by atoms with Gasteiger partial charge in [-0.25, -0.2) is 0 Å². The van der Waals surface area contributed by atoms with Gasteiger partial charge in [0.25, 0.3) is 0 Å². The molecule has 3 nitrogen and oxygen atoms in total. The number of rotatable bonds is 2. The van der Waals surface area contributed by atoms with E-state index in [1.54, 1.807) is 24.4 Å². The summed E-state index contributed by atoms with van der Waals surface area (Å²) >= 11 is 6.21. The smallest absolute Gasteiger partial charge is 0.195 e. The molecule has 0 aliphatic carbocycles. The zero-order valence-electron chi connectivity index (χ0n) is 10.9. The Balaban J connectivity index is 2.21. The minimum atomic E-state index is -0.0749. The van der Waals surface area contributed by atoms with Gasteiger partial charge in [0.15, 0.2) is 5.78 Å². The second-order valence-corrected chi connectivity index (χ2v) is 5.18. The highest BCUT2D eigenvalue weighted by Crippen LogP contribution is 2.29. The number of ketones is 1. The number of anilines is 1. The molecule has 100 valence electrons. The minimum absolute atomic E-state index is 0.0749. The SMILES string of the molecule is Cc1ccc(N)cc1C(=O)c1c[nH]c2cccc(Cl)c12. The number of aromatic amines is 1. The molecule has 0 bridgehead atoms. The molecule has 0 amide bonds. The third-order valence-electron chi connectivity index (χ3n) is 3.41. The lowest BCUT2D eigenvalue weighted by molar-refractivity contribution is 0.104. The number of nitrogens with two attached hydrogens (primary N) is 1. The van der Waals surface area contributed by atoms with Gasteiger partial charge in [0, 0.05) is 33.9 Å². The number of aromatic nitrogens is 1. The normalized spacial score (nSPS) is 10.9. The third-order valence-corrected chi connectivity index (χ3v) is 3.72. The predicted molar refractivity (Wildman–Crippen MR) is 82.3 cm³/mol. The van der Waals surface area contributed by atoms with Crippen molar-refractivity contribution in [2.75, 3.05) is 5.73 Å². The zero-order valence-corrected chi connectivity index (χ0v) is 11.7. The molecule has 0 atom stereocenters. The summed E-state index contributed by atoms with van der Waals surface area (Å²) < 4.78 is 0. The highest BCUT2D eigenvalue weighted by atomic mass is 35.5. The first-order valence-corrected chi connectivity index (χ1v) is 6.62. The first-order chi connectivity index (χ1) is 9.58. The van der Waals surface area contributed by atoms with Crippen molar-refractivity contribution in [3.8, 4) is 0 Å². The highest BCUT2D eigenvalue weighted by molar-refractivity contribution is 6.37. The van der Waals surface area contributed by atoms with Crippen LogP contribution in [0.25, 0.3) is 10.9 Å². The van der Waals surface area contributed by atoms with Crippen LogP contribution >= 0.6 is 11.6 Å². The Morgan fingerprint density at radius 2 is 2.00 bits per heavy atom. The average molecular weight is 285 g/mol. The van der Waals surface area contributed by atoms with E-state index in [4.69, 9.17) is 17.3 Å². The van der Waals surface area contributed by atoms with E-state index >= 15 is 0 Å². The van der Waals surface area contributed by atoms with Crippen LogP contribution in [0.15, 0.2) is 42.6 Å². The Morgan fingerprint density at radius 3 is 2.80 bits per heavy atom. The molecular formula is C16H13ClN2O. The van der Waals surface area contributed by atoms with Crippen molar-refractivity contribution in [2.45, 2.75) is 6.92 Å². The third kappa shape index (κ3) is 1.96. The van der Waals surface area contributed by atoms with E-state index in [1.807, 2.05) is 25.1 Å². The molecular weight excluding hydrogens is 272 g/mol. The van der Waals surface area contributed by atoms with Gasteiger partial charge in [-0.05, 0) is 36.8 Å². The molecule has 0 aliphatic heterocycles. The Bertz CT molecular complexity index is 820. The van der Waals surface area contributed by atoms with Gasteiger partial charge < -0.3 is 10.7 Å². The summed E-state index contributed by atoms with van der Waals surface area (Å²) in [5, 5.41) is 1.31. The molecule has 20 heavy (non-hydrogen) atoms. The Kier molecular flexibility index (Phi) is 2.99. The summed E-state index contributed by atoms with van der Waals surface area (Å²) in [5.41, 5.74) is 9.26. The Hall–Kier alpha value is -2.26. The van der Waals surface area contributed by atoms with Crippen LogP contribution in [0.5, 0.6) is 0 Å². The number of H-pyrrole nitrogens is 1. The van der Waals surface area contributed by atoms with Gasteiger partial charge in [0.2, 0.25) is 0 Å². The van der Waals surface area contributed by atoms with Crippen molar-refractivity contribution in [3.05, 3.63) is 64.3 Å². The lowest BCUT2D eigenvalue weighted by Gasteiger charge is -2.06. The number of halogens is 1. The number of aryl methyl sites for hydroxylation is 1. The maximum absolute atomic E-state index is 12.7. The zero-order chi connectivity index (χ0) is 14.3. The van der Waals surface area contributed by atoms with E-state index in [0.717, 1.165) is 16.5 Å². The largest absolute Gasteiger partial charge is 0.399 e. The average Bonchev–Trinajstić information content (AvgIpc) is 2.86. The second kappa shape index (κ2) is 4.69. The standard InChI is InChI=1S/C16H13ClN2O/c1-9-5-6-10(18)7-11(9)16(20)12-8-19-14-4-2-3-13(17)15(12)14/h2-8,19H,18H2,1H3. The Labute approximate surface area is 121 Å². The van der Waals surface area contributed by atoms with E-state index in [9.17, 15) is 4.79 Å². The fourth-order valence-corrected chi connectivity index (χ4v) is 2.62. The molecule has 0 saturated heterocycles. The van der Waals surface area contributed by atoms with E-state index in [2.05, 4.69) is 4.98 Å². The number of nitrogen functional groups attached to an aromatic ring is 1. The molecule has 3 rings (SSSR count). The molecule has 0 aliphatic rings. The number of carbonyl (C=O) groups excluding carboxylic acids is 1. The summed E-state index contributed by atoms with van der Waals surface area (Å²) in [5.74, 6) is -0.0749. The molecule has 4 heteroatoms. The molecule has 2 aromatic carbocycles. The summed E-state index contributed by atoms with van der Waals surface area (Å²) in [4.78, 5) is 15.8. The van der Waals surface area contributed by atoms with Crippen LogP contribution in [0.2, 0.25) is 5.02 Å². The van der Waals surface area contributed by atoms with Crippen molar-refractivity contribution < 1.29 is 4.79 Å². The molecule has 0 fully saturated rings. The number of benzene rings is 2. The lowest BCUT2D eigenvalue weighted by Crippen LogP contribution is -2.04. The van der Waals surface area contributed by atoms with Crippen LogP contribution < -0.4 is 5.73 Å². The van der Waals surface area contributed by atoms with E-state index in [1.165, 1.54) is 0 Å². The molecule has 3 N–H and O–H groups in total.